The van der Waals surface area contributed by atoms with E-state index in [-0.39, 0.29) is 0 Å². The van der Waals surface area contributed by atoms with Crippen LogP contribution in [0, 0.1) is 6.92 Å². The highest BCUT2D eigenvalue weighted by Crippen LogP contribution is 2.21. The van der Waals surface area contributed by atoms with Crippen LogP contribution < -0.4 is 15.2 Å². The summed E-state index contributed by atoms with van der Waals surface area (Å²) in [5.74, 6) is 1.32. The van der Waals surface area contributed by atoms with Gasteiger partial charge >= 0.3 is 0 Å². The lowest BCUT2D eigenvalue weighted by Gasteiger charge is -2.11. The Balaban J connectivity index is 2.13. The van der Waals surface area contributed by atoms with Crippen LogP contribution in [0.25, 0.3) is 0 Å². The maximum absolute atomic E-state index is 5.78. The van der Waals surface area contributed by atoms with Gasteiger partial charge in [-0.25, -0.2) is 4.98 Å². The molecule has 104 valence electrons. The van der Waals surface area contributed by atoms with Crippen molar-refractivity contribution in [3.8, 4) is 11.6 Å². The zero-order valence-corrected chi connectivity index (χ0v) is 12.2. The molecule has 0 atom stereocenters. The third-order valence-corrected chi connectivity index (χ3v) is 3.07. The van der Waals surface area contributed by atoms with Crippen LogP contribution in [-0.4, -0.2) is 17.1 Å². The molecule has 5 heteroatoms. The van der Waals surface area contributed by atoms with Crippen molar-refractivity contribution in [2.24, 2.45) is 5.73 Å². The minimum absolute atomic E-state index is 0.356. The highest BCUT2D eigenvalue weighted by Gasteiger charge is 2.05. The van der Waals surface area contributed by atoms with E-state index in [1.165, 1.54) is 0 Å². The molecule has 0 unspecified atom stereocenters. The van der Waals surface area contributed by atoms with Crippen molar-refractivity contribution in [2.75, 3.05) is 7.11 Å². The van der Waals surface area contributed by atoms with Gasteiger partial charge in [0.05, 0.1) is 12.8 Å². The van der Waals surface area contributed by atoms with Crippen LogP contribution in [0.5, 0.6) is 11.6 Å². The predicted molar refractivity (Wildman–Crippen MR) is 82.2 cm³/mol. The molecule has 0 aliphatic rings. The normalized spacial score (nSPS) is 10.1. The quantitative estimate of drug-likeness (QED) is 0.857. The van der Waals surface area contributed by atoms with Crippen LogP contribution in [0.1, 0.15) is 16.8 Å². The van der Waals surface area contributed by atoms with Gasteiger partial charge in [-0.3, -0.25) is 0 Å². The van der Waals surface area contributed by atoms with Gasteiger partial charge in [-0.05, 0) is 24.6 Å². The first-order chi connectivity index (χ1) is 9.60. The van der Waals surface area contributed by atoms with Gasteiger partial charge in [0.1, 0.15) is 17.3 Å². The molecule has 2 N–H and O–H groups in total. The van der Waals surface area contributed by atoms with E-state index in [2.05, 4.69) is 4.98 Å². The molecule has 0 aliphatic carbocycles. The molecule has 2 rings (SSSR count). The molecule has 1 aromatic heterocycles. The van der Waals surface area contributed by atoms with E-state index >= 15 is 0 Å². The molecule has 4 nitrogen and oxygen atoms in total. The summed E-state index contributed by atoms with van der Waals surface area (Å²) in [5, 5.41) is 0. The first-order valence-electron chi connectivity index (χ1n) is 6.13. The van der Waals surface area contributed by atoms with Crippen molar-refractivity contribution in [3.63, 3.8) is 0 Å². The number of aryl methyl sites for hydroxylation is 1. The van der Waals surface area contributed by atoms with E-state index in [4.69, 9.17) is 27.4 Å². The first-order valence-corrected chi connectivity index (χ1v) is 6.54. The molecule has 2 aromatic rings. The summed E-state index contributed by atoms with van der Waals surface area (Å²) < 4.78 is 10.9. The number of pyridine rings is 1. The largest absolute Gasteiger partial charge is 0.487 e. The monoisotopic (exact) mass is 288 g/mol. The fourth-order valence-corrected chi connectivity index (χ4v) is 1.84. The minimum atomic E-state index is 0.356. The van der Waals surface area contributed by atoms with Gasteiger partial charge in [-0.1, -0.05) is 30.4 Å². The number of methoxy groups -OCH3 is 1. The summed E-state index contributed by atoms with van der Waals surface area (Å²) in [4.78, 5) is 4.65. The Kier molecular flexibility index (Phi) is 4.53. The molecule has 0 bridgehead atoms. The maximum atomic E-state index is 5.78. The lowest BCUT2D eigenvalue weighted by molar-refractivity contribution is 0.296. The summed E-state index contributed by atoms with van der Waals surface area (Å²) in [6, 6.07) is 11.2. The molecule has 0 saturated carbocycles. The van der Waals surface area contributed by atoms with Crippen LogP contribution in [0.3, 0.4) is 0 Å². The van der Waals surface area contributed by atoms with Crippen LogP contribution >= 0.6 is 12.2 Å². The fraction of sp³-hybridized carbons (Fsp3) is 0.200. The van der Waals surface area contributed by atoms with Gasteiger partial charge < -0.3 is 15.2 Å². The average molecular weight is 288 g/mol. The van der Waals surface area contributed by atoms with Gasteiger partial charge in [0.25, 0.3) is 0 Å². The number of thiocarbonyl (C=S) groups is 1. The lowest BCUT2D eigenvalue weighted by Crippen LogP contribution is -2.10. The van der Waals surface area contributed by atoms with Crippen molar-refractivity contribution in [1.82, 2.24) is 4.98 Å². The molecular weight excluding hydrogens is 272 g/mol. The number of nitrogens with zero attached hydrogens (tertiary/aromatic N) is 1. The number of nitrogens with two attached hydrogens (primary N) is 1. The Morgan fingerprint density at radius 2 is 2.10 bits per heavy atom. The van der Waals surface area contributed by atoms with Crippen molar-refractivity contribution < 1.29 is 9.47 Å². The Morgan fingerprint density at radius 3 is 2.80 bits per heavy atom. The second-order valence-corrected chi connectivity index (χ2v) is 4.74. The van der Waals surface area contributed by atoms with E-state index < -0.39 is 0 Å². The number of benzene rings is 1. The molecule has 0 amide bonds. The molecule has 1 aromatic carbocycles. The standard InChI is InChI=1S/C15H16N2O2S/c1-10-6-7-11(15(16)20)8-13(10)19-9-12-4-3-5-14(17-12)18-2/h3-8H,9H2,1-2H3,(H2,16,20). The third-order valence-electron chi connectivity index (χ3n) is 2.84. The number of hydrogen-bond donors (Lipinski definition) is 1. The van der Waals surface area contributed by atoms with Gasteiger partial charge in [-0.15, -0.1) is 0 Å². The third kappa shape index (κ3) is 3.45. The summed E-state index contributed by atoms with van der Waals surface area (Å²) >= 11 is 4.97. The van der Waals surface area contributed by atoms with E-state index in [9.17, 15) is 0 Å². The number of hydrogen-bond acceptors (Lipinski definition) is 4. The Morgan fingerprint density at radius 1 is 1.30 bits per heavy atom. The number of ether oxygens (including phenoxy) is 2. The van der Waals surface area contributed by atoms with Crippen LogP contribution in [0.15, 0.2) is 36.4 Å². The second-order valence-electron chi connectivity index (χ2n) is 4.30. The average Bonchev–Trinajstić information content (AvgIpc) is 2.46. The summed E-state index contributed by atoms with van der Waals surface area (Å²) in [6.45, 7) is 2.33. The first kappa shape index (κ1) is 14.3. The molecule has 0 radical (unpaired) electrons. The van der Waals surface area contributed by atoms with Crippen LogP contribution in [-0.2, 0) is 6.61 Å². The summed E-state index contributed by atoms with van der Waals surface area (Å²) in [5.41, 5.74) is 8.23. The summed E-state index contributed by atoms with van der Waals surface area (Å²) in [7, 11) is 1.59. The molecule has 0 saturated heterocycles. The molecule has 0 spiro atoms. The number of aromatic nitrogens is 1. The van der Waals surface area contributed by atoms with Crippen LogP contribution in [0.2, 0.25) is 0 Å². The maximum Gasteiger partial charge on any atom is 0.213 e. The smallest absolute Gasteiger partial charge is 0.213 e. The minimum Gasteiger partial charge on any atom is -0.487 e. The fourth-order valence-electron chi connectivity index (χ4n) is 1.71. The van der Waals surface area contributed by atoms with E-state index in [1.807, 2.05) is 37.3 Å². The van der Waals surface area contributed by atoms with Gasteiger partial charge in [0.2, 0.25) is 5.88 Å². The van der Waals surface area contributed by atoms with E-state index in [0.717, 1.165) is 22.6 Å². The molecule has 20 heavy (non-hydrogen) atoms. The molecular formula is C15H16N2O2S. The van der Waals surface area contributed by atoms with Gasteiger partial charge in [-0.2, -0.15) is 0 Å². The second kappa shape index (κ2) is 6.34. The van der Waals surface area contributed by atoms with Gasteiger partial charge in [0, 0.05) is 11.6 Å². The zero-order valence-electron chi connectivity index (χ0n) is 11.4. The van der Waals surface area contributed by atoms with Crippen molar-refractivity contribution in [2.45, 2.75) is 13.5 Å². The predicted octanol–water partition coefficient (Wildman–Crippen LogP) is 2.61. The number of rotatable bonds is 5. The van der Waals surface area contributed by atoms with E-state index in [0.29, 0.717) is 17.5 Å². The van der Waals surface area contributed by atoms with Crippen molar-refractivity contribution in [1.29, 1.82) is 0 Å². The van der Waals surface area contributed by atoms with Crippen LogP contribution in [0.4, 0.5) is 0 Å². The zero-order chi connectivity index (χ0) is 14.5. The van der Waals surface area contributed by atoms with Gasteiger partial charge in [0.15, 0.2) is 0 Å². The van der Waals surface area contributed by atoms with E-state index in [1.54, 1.807) is 13.2 Å². The van der Waals surface area contributed by atoms with Crippen molar-refractivity contribution in [3.05, 3.63) is 53.2 Å². The molecule has 0 aliphatic heterocycles. The lowest BCUT2D eigenvalue weighted by atomic mass is 10.1. The SMILES string of the molecule is COc1cccc(COc2cc(C(N)=S)ccc2C)n1. The summed E-state index contributed by atoms with van der Waals surface area (Å²) in [6.07, 6.45) is 0. The highest BCUT2D eigenvalue weighted by molar-refractivity contribution is 7.80. The van der Waals surface area contributed by atoms with Crippen molar-refractivity contribution >= 4 is 17.2 Å². The topological polar surface area (TPSA) is 57.4 Å². The molecule has 0 fully saturated rings. The Bertz CT molecular complexity index is 629. The molecule has 1 heterocycles. The highest BCUT2D eigenvalue weighted by atomic mass is 32.1. The Labute approximate surface area is 123 Å². The Hall–Kier alpha value is -2.14.